The first-order chi connectivity index (χ1) is 14.1. The van der Waals surface area contributed by atoms with E-state index in [-0.39, 0.29) is 0 Å². The zero-order valence-electron chi connectivity index (χ0n) is 17.7. The first kappa shape index (κ1) is 26.3. The van der Waals surface area contributed by atoms with Gasteiger partial charge in [-0.15, -0.1) is 0 Å². The third kappa shape index (κ3) is 8.13. The second kappa shape index (κ2) is 10.5. The van der Waals surface area contributed by atoms with Gasteiger partial charge < -0.3 is 23.7 Å². The van der Waals surface area contributed by atoms with Gasteiger partial charge in [-0.05, 0) is 0 Å². The van der Waals surface area contributed by atoms with E-state index in [2.05, 4.69) is 0 Å². The molecule has 0 amide bonds. The van der Waals surface area contributed by atoms with Crippen LogP contribution in [0.1, 0.15) is 34.6 Å². The maximum absolute atomic E-state index is 11.9. The number of rotatable bonds is 7. The Hall–Kier alpha value is -2.74. The Morgan fingerprint density at radius 3 is 0.839 bits per heavy atom. The van der Waals surface area contributed by atoms with Crippen molar-refractivity contribution in [3.05, 3.63) is 0 Å². The van der Waals surface area contributed by atoms with Gasteiger partial charge in [-0.3, -0.25) is 28.2 Å². The predicted octanol–water partition coefficient (Wildman–Crippen LogP) is -0.997. The molecule has 0 aromatic carbocycles. The molecule has 1 rings (SSSR count). The molecular weight excluding hydrogens is 444 g/mol. The molecule has 0 aromatic heterocycles. The van der Waals surface area contributed by atoms with Gasteiger partial charge >= 0.3 is 29.8 Å². The molecule has 0 saturated heterocycles. The van der Waals surface area contributed by atoms with Crippen LogP contribution in [0.5, 0.6) is 0 Å². The largest absolute Gasteiger partial charge is 0.455 e. The lowest BCUT2D eigenvalue weighted by Gasteiger charge is -2.46. The monoisotopic (exact) mass is 468 g/mol. The average molecular weight is 468 g/mol. The van der Waals surface area contributed by atoms with E-state index in [0.29, 0.717) is 6.26 Å². The summed E-state index contributed by atoms with van der Waals surface area (Å²) in [5.74, 6) is -4.66. The minimum atomic E-state index is -4.28. The third-order valence-corrected chi connectivity index (χ3v) is 4.31. The molecule has 6 atom stereocenters. The van der Waals surface area contributed by atoms with Gasteiger partial charge in [0.25, 0.3) is 10.1 Å². The zero-order valence-corrected chi connectivity index (χ0v) is 18.5. The quantitative estimate of drug-likeness (QED) is 0.253. The summed E-state index contributed by atoms with van der Waals surface area (Å²) in [6, 6.07) is 0. The van der Waals surface area contributed by atoms with Crippen LogP contribution in [0.3, 0.4) is 0 Å². The molecule has 1 aliphatic rings. The lowest BCUT2D eigenvalue weighted by Crippen LogP contribution is -2.68. The number of ether oxygens (including phenoxy) is 5. The van der Waals surface area contributed by atoms with Crippen LogP contribution in [0.15, 0.2) is 0 Å². The number of carbonyl (C=O) groups is 5. The van der Waals surface area contributed by atoms with E-state index in [9.17, 15) is 32.4 Å². The maximum atomic E-state index is 11.9. The van der Waals surface area contributed by atoms with Crippen LogP contribution in [0.4, 0.5) is 0 Å². The molecule has 0 radical (unpaired) electrons. The lowest BCUT2D eigenvalue weighted by atomic mass is 9.84. The van der Waals surface area contributed by atoms with Gasteiger partial charge in [-0.2, -0.15) is 8.42 Å². The number of carbonyl (C=O) groups excluding carboxylic acids is 5. The molecule has 1 saturated carbocycles. The van der Waals surface area contributed by atoms with Crippen molar-refractivity contribution >= 4 is 40.0 Å². The minimum Gasteiger partial charge on any atom is -0.455 e. The molecule has 0 heterocycles. The minimum absolute atomic E-state index is 0.669. The summed E-state index contributed by atoms with van der Waals surface area (Å²) < 4.78 is 54.3. The highest BCUT2D eigenvalue weighted by Gasteiger charge is 2.60. The third-order valence-electron chi connectivity index (χ3n) is 3.74. The molecule has 0 bridgehead atoms. The van der Waals surface area contributed by atoms with Gasteiger partial charge in [0, 0.05) is 34.6 Å². The standard InChI is InChI=1S/C17H24O13S/c1-7(18)25-12-13(26-8(2)19)15(28-10(4)21)17(30-31(6,23)24)16(29-11(5)22)14(12)27-9(3)20/h12-17H,1-6H3/t12-,13-,14+,15+,16-,17+. The fraction of sp³-hybridized carbons (Fsp3) is 0.706. The molecular formula is C17H24O13S. The summed E-state index contributed by atoms with van der Waals surface area (Å²) in [4.78, 5) is 58.5. The van der Waals surface area contributed by atoms with E-state index in [1.807, 2.05) is 0 Å². The smallest absolute Gasteiger partial charge is 0.303 e. The molecule has 13 nitrogen and oxygen atoms in total. The average Bonchev–Trinajstić information content (AvgIpc) is 2.54. The Labute approximate surface area is 178 Å². The summed E-state index contributed by atoms with van der Waals surface area (Å²) in [7, 11) is -4.28. The fourth-order valence-electron chi connectivity index (χ4n) is 3.06. The predicted molar refractivity (Wildman–Crippen MR) is 97.5 cm³/mol. The molecule has 1 fully saturated rings. The zero-order chi connectivity index (χ0) is 24.1. The molecule has 176 valence electrons. The Morgan fingerprint density at radius 1 is 0.484 bits per heavy atom. The molecule has 0 aromatic rings. The van der Waals surface area contributed by atoms with Crippen LogP contribution in [0.25, 0.3) is 0 Å². The van der Waals surface area contributed by atoms with Gasteiger partial charge in [-0.1, -0.05) is 0 Å². The Morgan fingerprint density at radius 2 is 0.677 bits per heavy atom. The normalized spacial score (nSPS) is 28.1. The molecule has 31 heavy (non-hydrogen) atoms. The Bertz CT molecular complexity index is 789. The van der Waals surface area contributed by atoms with Crippen LogP contribution >= 0.6 is 0 Å². The van der Waals surface area contributed by atoms with E-state index in [0.717, 1.165) is 34.6 Å². The highest BCUT2D eigenvalue weighted by Crippen LogP contribution is 2.35. The van der Waals surface area contributed by atoms with E-state index < -0.39 is 76.6 Å². The van der Waals surface area contributed by atoms with Gasteiger partial charge in [-0.25, -0.2) is 0 Å². The van der Waals surface area contributed by atoms with Crippen LogP contribution in [-0.4, -0.2) is 81.1 Å². The van der Waals surface area contributed by atoms with Crippen molar-refractivity contribution in [3.8, 4) is 0 Å². The van der Waals surface area contributed by atoms with Crippen molar-refractivity contribution < 1.29 is 60.3 Å². The van der Waals surface area contributed by atoms with Crippen molar-refractivity contribution in [2.24, 2.45) is 0 Å². The molecule has 0 unspecified atom stereocenters. The second-order valence-corrected chi connectivity index (χ2v) is 8.24. The first-order valence-corrected chi connectivity index (χ1v) is 10.7. The summed E-state index contributed by atoms with van der Waals surface area (Å²) in [5, 5.41) is 0. The summed E-state index contributed by atoms with van der Waals surface area (Å²) in [5.41, 5.74) is 0. The van der Waals surface area contributed by atoms with E-state index in [1.165, 1.54) is 0 Å². The van der Waals surface area contributed by atoms with Crippen molar-refractivity contribution in [1.29, 1.82) is 0 Å². The molecule has 0 N–H and O–H groups in total. The summed E-state index contributed by atoms with van der Waals surface area (Å²) in [6.07, 6.45) is -9.58. The highest BCUT2D eigenvalue weighted by molar-refractivity contribution is 7.86. The lowest BCUT2D eigenvalue weighted by molar-refractivity contribution is -0.251. The van der Waals surface area contributed by atoms with Gasteiger partial charge in [0.2, 0.25) is 0 Å². The SMILES string of the molecule is CC(=O)O[C@@H]1[C@@H](OC(C)=O)[C@H](OC(C)=O)[C@H](OS(C)(=O)=O)[C@H](OC(C)=O)[C@H]1OC(C)=O. The number of esters is 5. The van der Waals surface area contributed by atoms with Crippen molar-refractivity contribution in [1.82, 2.24) is 0 Å². The molecule has 0 spiro atoms. The molecule has 14 heteroatoms. The van der Waals surface area contributed by atoms with Gasteiger partial charge in [0.05, 0.1) is 6.26 Å². The molecule has 1 aliphatic carbocycles. The van der Waals surface area contributed by atoms with Crippen LogP contribution in [0.2, 0.25) is 0 Å². The first-order valence-electron chi connectivity index (χ1n) is 8.86. The fourth-order valence-corrected chi connectivity index (χ4v) is 3.68. The van der Waals surface area contributed by atoms with E-state index >= 15 is 0 Å². The van der Waals surface area contributed by atoms with Crippen molar-refractivity contribution in [3.63, 3.8) is 0 Å². The van der Waals surface area contributed by atoms with Gasteiger partial charge in [0.1, 0.15) is 0 Å². The van der Waals surface area contributed by atoms with Gasteiger partial charge in [0.15, 0.2) is 36.6 Å². The highest BCUT2D eigenvalue weighted by atomic mass is 32.2. The molecule has 0 aliphatic heterocycles. The van der Waals surface area contributed by atoms with Crippen LogP contribution in [-0.2, 0) is 62.0 Å². The Balaban J connectivity index is 3.74. The van der Waals surface area contributed by atoms with Crippen LogP contribution in [0, 0.1) is 0 Å². The van der Waals surface area contributed by atoms with E-state index in [1.54, 1.807) is 0 Å². The topological polar surface area (TPSA) is 175 Å². The van der Waals surface area contributed by atoms with Crippen LogP contribution < -0.4 is 0 Å². The number of hydrogen-bond donors (Lipinski definition) is 0. The maximum Gasteiger partial charge on any atom is 0.303 e. The van der Waals surface area contributed by atoms with Crippen molar-refractivity contribution in [2.45, 2.75) is 71.2 Å². The summed E-state index contributed by atoms with van der Waals surface area (Å²) >= 11 is 0. The van der Waals surface area contributed by atoms with E-state index in [4.69, 9.17) is 27.9 Å². The summed E-state index contributed by atoms with van der Waals surface area (Å²) in [6.45, 7) is 4.92. The Kier molecular flexibility index (Phi) is 8.93. The second-order valence-electron chi connectivity index (χ2n) is 6.64. The van der Waals surface area contributed by atoms with Crippen molar-refractivity contribution in [2.75, 3.05) is 6.26 Å². The number of hydrogen-bond acceptors (Lipinski definition) is 13.